The number of carbonyl (C=O) groups excluding carboxylic acids is 1. The monoisotopic (exact) mass is 455 g/mol. The van der Waals surface area contributed by atoms with E-state index in [9.17, 15) is 4.79 Å². The van der Waals surface area contributed by atoms with Gasteiger partial charge in [0.25, 0.3) is 5.91 Å². The zero-order valence-corrected chi connectivity index (χ0v) is 19.5. The number of carbonyl (C=O) groups is 1. The van der Waals surface area contributed by atoms with Crippen molar-refractivity contribution in [3.63, 3.8) is 0 Å². The van der Waals surface area contributed by atoms with Crippen LogP contribution in [0.15, 0.2) is 54.7 Å². The molecule has 1 amide bonds. The van der Waals surface area contributed by atoms with Crippen LogP contribution in [0.3, 0.4) is 0 Å². The van der Waals surface area contributed by atoms with Crippen molar-refractivity contribution in [2.75, 3.05) is 18.8 Å². The van der Waals surface area contributed by atoms with Gasteiger partial charge < -0.3 is 21.1 Å². The van der Waals surface area contributed by atoms with Gasteiger partial charge in [0.1, 0.15) is 5.82 Å². The normalized spacial score (nSPS) is 17.3. The lowest BCUT2D eigenvalue weighted by Crippen LogP contribution is -2.44. The number of nitrogen functional groups attached to an aromatic ring is 1. The summed E-state index contributed by atoms with van der Waals surface area (Å²) in [7, 11) is 0. The van der Waals surface area contributed by atoms with Gasteiger partial charge in [0, 0.05) is 24.8 Å². The molecular weight excluding hydrogens is 426 g/mol. The van der Waals surface area contributed by atoms with E-state index in [1.165, 1.54) is 11.1 Å². The Kier molecular flexibility index (Phi) is 7.21. The van der Waals surface area contributed by atoms with Crippen LogP contribution in [0.5, 0.6) is 0 Å². The van der Waals surface area contributed by atoms with Crippen molar-refractivity contribution >= 4 is 17.4 Å². The molecule has 1 aliphatic heterocycles. The molecule has 0 spiro atoms. The molecule has 0 bridgehead atoms. The Morgan fingerprint density at radius 1 is 1.21 bits per heavy atom. The second-order valence-electron chi connectivity index (χ2n) is 8.52. The lowest BCUT2D eigenvalue weighted by molar-refractivity contribution is 0.0357. The summed E-state index contributed by atoms with van der Waals surface area (Å²) in [4.78, 5) is 20.7. The van der Waals surface area contributed by atoms with Crippen LogP contribution in [0.25, 0.3) is 16.0 Å². The summed E-state index contributed by atoms with van der Waals surface area (Å²) in [6.45, 7) is 13.1. The third kappa shape index (κ3) is 5.25. The fourth-order valence-corrected chi connectivity index (χ4v) is 4.16. The summed E-state index contributed by atoms with van der Waals surface area (Å²) < 4.78 is 6.17. The molecule has 0 saturated carbocycles. The molecule has 2 atom stereocenters. The summed E-state index contributed by atoms with van der Waals surface area (Å²) in [5.41, 5.74) is 12.3. The van der Waals surface area contributed by atoms with Crippen LogP contribution in [0, 0.1) is 13.5 Å². The SMILES string of the molecule is [C-]#[N+]c1ccc(-c2cnc(N)c(C(=O)N[C@H]3CNC[C@@H]3OCc3ccc(C)c(CC)c3)c2)cc1. The van der Waals surface area contributed by atoms with E-state index >= 15 is 0 Å². The van der Waals surface area contributed by atoms with Crippen molar-refractivity contribution in [3.8, 4) is 11.1 Å². The molecule has 1 aliphatic rings. The van der Waals surface area contributed by atoms with Gasteiger partial charge in [-0.05, 0) is 41.7 Å². The number of hydrogen-bond acceptors (Lipinski definition) is 5. The van der Waals surface area contributed by atoms with E-state index in [2.05, 4.69) is 52.5 Å². The predicted octanol–water partition coefficient (Wildman–Crippen LogP) is 4.04. The summed E-state index contributed by atoms with van der Waals surface area (Å²) in [5.74, 6) is -0.107. The number of benzene rings is 2. The van der Waals surface area contributed by atoms with Gasteiger partial charge in [0.15, 0.2) is 5.69 Å². The summed E-state index contributed by atoms with van der Waals surface area (Å²) in [5, 5.41) is 6.36. The van der Waals surface area contributed by atoms with Gasteiger partial charge in [-0.15, -0.1) is 0 Å². The molecule has 2 heterocycles. The number of aryl methyl sites for hydroxylation is 2. The number of nitrogens with one attached hydrogen (secondary N) is 2. The topological polar surface area (TPSA) is 93.6 Å². The highest BCUT2D eigenvalue weighted by molar-refractivity contribution is 5.99. The van der Waals surface area contributed by atoms with Gasteiger partial charge in [-0.1, -0.05) is 49.4 Å². The van der Waals surface area contributed by atoms with Gasteiger partial charge >= 0.3 is 0 Å². The summed E-state index contributed by atoms with van der Waals surface area (Å²) in [6.07, 6.45) is 2.48. The molecule has 3 aromatic rings. The lowest BCUT2D eigenvalue weighted by Gasteiger charge is -2.21. The third-order valence-corrected chi connectivity index (χ3v) is 6.23. The van der Waals surface area contributed by atoms with Crippen LogP contribution in [0.1, 0.15) is 34.0 Å². The first-order chi connectivity index (χ1) is 16.5. The van der Waals surface area contributed by atoms with Gasteiger partial charge in [-0.25, -0.2) is 9.83 Å². The smallest absolute Gasteiger partial charge is 0.255 e. The molecule has 0 aliphatic carbocycles. The molecule has 1 saturated heterocycles. The molecule has 174 valence electrons. The molecule has 4 N–H and O–H groups in total. The number of nitrogens with two attached hydrogens (primary N) is 1. The minimum atomic E-state index is -0.282. The first-order valence-corrected chi connectivity index (χ1v) is 11.4. The molecule has 0 unspecified atom stereocenters. The van der Waals surface area contributed by atoms with E-state index < -0.39 is 0 Å². The minimum Gasteiger partial charge on any atom is -0.383 e. The zero-order valence-electron chi connectivity index (χ0n) is 19.5. The average Bonchev–Trinajstić information content (AvgIpc) is 3.30. The quantitative estimate of drug-likeness (QED) is 0.468. The molecule has 1 fully saturated rings. The van der Waals surface area contributed by atoms with E-state index in [1.807, 2.05) is 12.1 Å². The van der Waals surface area contributed by atoms with Crippen molar-refractivity contribution in [1.82, 2.24) is 15.6 Å². The molecule has 7 heteroatoms. The maximum absolute atomic E-state index is 13.1. The Morgan fingerprint density at radius 2 is 2.00 bits per heavy atom. The molecule has 34 heavy (non-hydrogen) atoms. The van der Waals surface area contributed by atoms with Crippen LogP contribution in [0.4, 0.5) is 11.5 Å². The van der Waals surface area contributed by atoms with Crippen LogP contribution >= 0.6 is 0 Å². The largest absolute Gasteiger partial charge is 0.383 e. The number of rotatable bonds is 7. The standard InChI is InChI=1S/C27H29N5O2/c1-4-19-11-18(6-5-17(19)2)16-34-25-15-30-14-24(25)32-27(33)23-12-21(13-31-26(23)28)20-7-9-22(29-3)10-8-20/h5-13,24-25,30H,4,14-16H2,1-2H3,(H2,28,31)(H,32,33)/t24-,25-/m0/s1. The summed E-state index contributed by atoms with van der Waals surface area (Å²) >= 11 is 0. The second kappa shape index (κ2) is 10.5. The third-order valence-electron chi connectivity index (χ3n) is 6.23. The highest BCUT2D eigenvalue weighted by Gasteiger charge is 2.30. The number of nitrogens with zero attached hydrogens (tertiary/aromatic N) is 2. The average molecular weight is 456 g/mol. The molecule has 0 radical (unpaired) electrons. The zero-order chi connectivity index (χ0) is 24.1. The van der Waals surface area contributed by atoms with Crippen molar-refractivity contribution in [2.45, 2.75) is 39.0 Å². The molecule has 4 rings (SSSR count). The number of anilines is 1. The number of pyridine rings is 1. The molecular formula is C27H29N5O2. The minimum absolute atomic E-state index is 0.145. The fourth-order valence-electron chi connectivity index (χ4n) is 4.16. The fraction of sp³-hybridized carbons (Fsp3) is 0.296. The maximum atomic E-state index is 13.1. The van der Waals surface area contributed by atoms with E-state index in [-0.39, 0.29) is 23.9 Å². The summed E-state index contributed by atoms with van der Waals surface area (Å²) in [6, 6.07) is 15.1. The number of ether oxygens (including phenoxy) is 1. The Labute approximate surface area is 200 Å². The second-order valence-corrected chi connectivity index (χ2v) is 8.52. The first kappa shape index (κ1) is 23.4. The predicted molar refractivity (Wildman–Crippen MR) is 134 cm³/mol. The maximum Gasteiger partial charge on any atom is 0.255 e. The van der Waals surface area contributed by atoms with Crippen LogP contribution in [0.2, 0.25) is 0 Å². The number of amides is 1. The highest BCUT2D eigenvalue weighted by Crippen LogP contribution is 2.25. The van der Waals surface area contributed by atoms with Crippen LogP contribution in [-0.2, 0) is 17.8 Å². The van der Waals surface area contributed by atoms with Crippen molar-refractivity contribution in [1.29, 1.82) is 0 Å². The Bertz CT molecular complexity index is 1220. The number of aromatic nitrogens is 1. The Balaban J connectivity index is 1.43. The van der Waals surface area contributed by atoms with Gasteiger partial charge in [-0.3, -0.25) is 4.79 Å². The lowest BCUT2D eigenvalue weighted by atomic mass is 10.0. The van der Waals surface area contributed by atoms with Crippen LogP contribution < -0.4 is 16.4 Å². The number of hydrogen-bond donors (Lipinski definition) is 3. The highest BCUT2D eigenvalue weighted by atomic mass is 16.5. The van der Waals surface area contributed by atoms with E-state index in [4.69, 9.17) is 17.0 Å². The van der Waals surface area contributed by atoms with Crippen LogP contribution in [-0.4, -0.2) is 36.1 Å². The van der Waals surface area contributed by atoms with Gasteiger partial charge in [0.2, 0.25) is 0 Å². The molecule has 1 aromatic heterocycles. The van der Waals surface area contributed by atoms with Crippen molar-refractivity contribution < 1.29 is 9.53 Å². The van der Waals surface area contributed by atoms with Crippen molar-refractivity contribution in [2.24, 2.45) is 0 Å². The van der Waals surface area contributed by atoms with E-state index in [1.54, 1.807) is 24.4 Å². The Morgan fingerprint density at radius 3 is 2.74 bits per heavy atom. The first-order valence-electron chi connectivity index (χ1n) is 11.4. The van der Waals surface area contributed by atoms with Gasteiger partial charge in [0.05, 0.1) is 30.9 Å². The molecule has 7 nitrogen and oxygen atoms in total. The van der Waals surface area contributed by atoms with E-state index in [0.717, 1.165) is 23.1 Å². The molecule has 2 aromatic carbocycles. The van der Waals surface area contributed by atoms with Crippen molar-refractivity contribution in [3.05, 3.63) is 88.4 Å². The van der Waals surface area contributed by atoms with Gasteiger partial charge in [-0.2, -0.15) is 0 Å². The van der Waals surface area contributed by atoms with E-state index in [0.29, 0.717) is 30.9 Å². The Hall–Kier alpha value is -3.73.